The van der Waals surface area contributed by atoms with E-state index in [2.05, 4.69) is 34.5 Å². The van der Waals surface area contributed by atoms with E-state index in [4.69, 9.17) is 22.4 Å². The summed E-state index contributed by atoms with van der Waals surface area (Å²) in [6, 6.07) is 14.4. The van der Waals surface area contributed by atoms with E-state index in [1.807, 2.05) is 30.1 Å². The topological polar surface area (TPSA) is 67.4 Å². The number of nitrogens with zero attached hydrogens (tertiary/aromatic N) is 4. The molecule has 1 aliphatic heterocycles. The molecule has 1 aromatic carbocycles. The largest absolute Gasteiger partial charge is 0.330 e. The van der Waals surface area contributed by atoms with Crippen LogP contribution in [0.4, 0.5) is 5.13 Å². The van der Waals surface area contributed by atoms with E-state index < -0.39 is 4.87 Å². The number of aromatic nitrogens is 2. The number of halogens is 1. The first-order valence-electron chi connectivity index (χ1n) is 8.51. The van der Waals surface area contributed by atoms with Crippen molar-refractivity contribution in [2.75, 3.05) is 11.6 Å². The second kappa shape index (κ2) is 7.89. The Morgan fingerprint density at radius 1 is 1.11 bits per heavy atom. The summed E-state index contributed by atoms with van der Waals surface area (Å²) in [4.78, 5) is 0.653. The fourth-order valence-corrected chi connectivity index (χ4v) is 6.28. The lowest BCUT2D eigenvalue weighted by Gasteiger charge is -2.35. The molecule has 9 heteroatoms. The van der Waals surface area contributed by atoms with Crippen molar-refractivity contribution in [3.05, 3.63) is 62.2 Å². The maximum atomic E-state index is 6.17. The van der Waals surface area contributed by atoms with E-state index in [1.54, 1.807) is 23.1 Å². The fraction of sp³-hybridized carbons (Fsp3) is 0.278. The Morgan fingerprint density at radius 3 is 2.56 bits per heavy atom. The summed E-state index contributed by atoms with van der Waals surface area (Å²) in [6.45, 7) is 2.58. The van der Waals surface area contributed by atoms with Crippen LogP contribution in [0.2, 0.25) is 4.34 Å². The van der Waals surface area contributed by atoms with Crippen LogP contribution in [0, 0.1) is 6.92 Å². The molecular formula is C18H18ClN5S3. The number of nitrogens with two attached hydrogens (primary N) is 1. The molecule has 27 heavy (non-hydrogen) atoms. The Morgan fingerprint density at radius 2 is 1.93 bits per heavy atom. The summed E-state index contributed by atoms with van der Waals surface area (Å²) < 4.78 is 0.755. The lowest BCUT2D eigenvalue weighted by atomic mass is 10.0. The van der Waals surface area contributed by atoms with E-state index >= 15 is 0 Å². The lowest BCUT2D eigenvalue weighted by Crippen LogP contribution is -2.38. The quantitative estimate of drug-likeness (QED) is 0.585. The second-order valence-corrected chi connectivity index (χ2v) is 10.2. The van der Waals surface area contributed by atoms with E-state index in [9.17, 15) is 0 Å². The van der Waals surface area contributed by atoms with E-state index in [1.165, 1.54) is 16.9 Å². The summed E-state index contributed by atoms with van der Waals surface area (Å²) >= 11 is 11.0. The molecule has 3 heterocycles. The van der Waals surface area contributed by atoms with Gasteiger partial charge in [-0.15, -0.1) is 21.5 Å². The van der Waals surface area contributed by atoms with Gasteiger partial charge in [0.2, 0.25) is 5.13 Å². The zero-order valence-corrected chi connectivity index (χ0v) is 17.8. The summed E-state index contributed by atoms with van der Waals surface area (Å²) in [7, 11) is 0. The van der Waals surface area contributed by atoms with Crippen LogP contribution < -0.4 is 10.7 Å². The SMILES string of the molecule is Cc1nnc(N2N=C(c3ccc(Cl)s3)SC2(CCCN)c2ccccc2)s1. The molecule has 1 unspecified atom stereocenters. The van der Waals surface area contributed by atoms with Gasteiger partial charge in [-0.1, -0.05) is 65.0 Å². The molecule has 4 rings (SSSR count). The molecule has 0 amide bonds. The van der Waals surface area contributed by atoms with Gasteiger partial charge in [-0.3, -0.25) is 0 Å². The summed E-state index contributed by atoms with van der Waals surface area (Å²) in [6.07, 6.45) is 1.73. The third-order valence-electron chi connectivity index (χ3n) is 4.22. The highest BCUT2D eigenvalue weighted by Gasteiger charge is 2.47. The van der Waals surface area contributed by atoms with Crippen molar-refractivity contribution >= 4 is 56.2 Å². The zero-order chi connectivity index (χ0) is 18.9. The van der Waals surface area contributed by atoms with Gasteiger partial charge in [0.05, 0.1) is 9.21 Å². The number of anilines is 1. The first kappa shape index (κ1) is 18.9. The van der Waals surface area contributed by atoms with Crippen LogP contribution in [0.25, 0.3) is 0 Å². The van der Waals surface area contributed by atoms with Crippen LogP contribution >= 0.6 is 46.0 Å². The number of benzene rings is 1. The van der Waals surface area contributed by atoms with Crippen molar-refractivity contribution in [2.24, 2.45) is 10.8 Å². The first-order chi connectivity index (χ1) is 13.1. The number of aryl methyl sites for hydroxylation is 1. The number of thiophene rings is 1. The van der Waals surface area contributed by atoms with Crippen LogP contribution in [0.15, 0.2) is 47.6 Å². The van der Waals surface area contributed by atoms with Gasteiger partial charge in [0, 0.05) is 0 Å². The molecule has 1 aliphatic rings. The number of rotatable bonds is 6. The predicted octanol–water partition coefficient (Wildman–Crippen LogP) is 5.07. The molecule has 1 atom stereocenters. The minimum atomic E-state index is -0.404. The van der Waals surface area contributed by atoms with Crippen LogP contribution in [-0.2, 0) is 4.87 Å². The van der Waals surface area contributed by atoms with Crippen molar-refractivity contribution in [1.82, 2.24) is 10.2 Å². The van der Waals surface area contributed by atoms with Crippen molar-refractivity contribution in [3.63, 3.8) is 0 Å². The lowest BCUT2D eigenvalue weighted by molar-refractivity contribution is 0.525. The number of hydrogen-bond donors (Lipinski definition) is 1. The van der Waals surface area contributed by atoms with Gasteiger partial charge < -0.3 is 5.73 Å². The Bertz CT molecular complexity index is 955. The van der Waals surface area contributed by atoms with Gasteiger partial charge in [0.15, 0.2) is 0 Å². The van der Waals surface area contributed by atoms with Crippen LogP contribution in [0.5, 0.6) is 0 Å². The summed E-state index contributed by atoms with van der Waals surface area (Å²) in [5.41, 5.74) is 7.05. The highest BCUT2D eigenvalue weighted by atomic mass is 35.5. The predicted molar refractivity (Wildman–Crippen MR) is 117 cm³/mol. The highest BCUT2D eigenvalue weighted by Crippen LogP contribution is 2.53. The maximum absolute atomic E-state index is 6.17. The third kappa shape index (κ3) is 3.64. The van der Waals surface area contributed by atoms with Gasteiger partial charge in [-0.05, 0) is 44.0 Å². The Kier molecular flexibility index (Phi) is 5.52. The second-order valence-electron chi connectivity index (χ2n) is 6.07. The fourth-order valence-electron chi connectivity index (χ4n) is 3.02. The zero-order valence-electron chi connectivity index (χ0n) is 14.6. The molecule has 2 aromatic heterocycles. The smallest absolute Gasteiger partial charge is 0.230 e. The molecule has 0 saturated heterocycles. The van der Waals surface area contributed by atoms with Crippen LogP contribution in [-0.4, -0.2) is 21.8 Å². The number of thioether (sulfide) groups is 1. The van der Waals surface area contributed by atoms with E-state index in [-0.39, 0.29) is 0 Å². The summed E-state index contributed by atoms with van der Waals surface area (Å²) in [5.74, 6) is 0. The Balaban J connectivity index is 1.84. The summed E-state index contributed by atoms with van der Waals surface area (Å²) in [5, 5.41) is 18.2. The molecule has 0 saturated carbocycles. The van der Waals surface area contributed by atoms with Crippen molar-refractivity contribution in [3.8, 4) is 0 Å². The van der Waals surface area contributed by atoms with Crippen molar-refractivity contribution < 1.29 is 0 Å². The number of hydrazone groups is 1. The molecule has 0 aliphatic carbocycles. The monoisotopic (exact) mass is 435 g/mol. The molecule has 3 aromatic rings. The van der Waals surface area contributed by atoms with Crippen molar-refractivity contribution in [1.29, 1.82) is 0 Å². The van der Waals surface area contributed by atoms with Crippen LogP contribution in [0.1, 0.15) is 28.3 Å². The molecule has 140 valence electrons. The molecule has 0 bridgehead atoms. The van der Waals surface area contributed by atoms with Gasteiger partial charge in [-0.2, -0.15) is 5.10 Å². The molecule has 0 spiro atoms. The minimum absolute atomic E-state index is 0.404. The minimum Gasteiger partial charge on any atom is -0.330 e. The van der Waals surface area contributed by atoms with E-state index in [0.29, 0.717) is 6.54 Å². The Labute approximate surface area is 175 Å². The van der Waals surface area contributed by atoms with Gasteiger partial charge in [0.25, 0.3) is 0 Å². The third-order valence-corrected chi connectivity index (χ3v) is 7.85. The molecule has 2 N–H and O–H groups in total. The van der Waals surface area contributed by atoms with E-state index in [0.717, 1.165) is 37.2 Å². The van der Waals surface area contributed by atoms with Gasteiger partial charge in [-0.25, -0.2) is 5.01 Å². The van der Waals surface area contributed by atoms with Crippen molar-refractivity contribution in [2.45, 2.75) is 24.6 Å². The first-order valence-corrected chi connectivity index (χ1v) is 11.3. The molecule has 5 nitrogen and oxygen atoms in total. The average molecular weight is 436 g/mol. The van der Waals surface area contributed by atoms with Crippen LogP contribution in [0.3, 0.4) is 0 Å². The molecule has 0 radical (unpaired) electrons. The molecular weight excluding hydrogens is 418 g/mol. The highest BCUT2D eigenvalue weighted by molar-refractivity contribution is 8.15. The normalized spacial score (nSPS) is 19.5. The average Bonchev–Trinajstić information content (AvgIpc) is 3.39. The van der Waals surface area contributed by atoms with Gasteiger partial charge in [0.1, 0.15) is 14.9 Å². The Hall–Kier alpha value is -1.45. The maximum Gasteiger partial charge on any atom is 0.230 e. The van der Waals surface area contributed by atoms with Gasteiger partial charge >= 0.3 is 0 Å². The molecule has 0 fully saturated rings. The number of hydrogen-bond acceptors (Lipinski definition) is 8. The standard InChI is InChI=1S/C18H18ClN5S3/c1-12-21-22-17(25-12)24-18(10-5-11-20,13-6-3-2-4-7-13)27-16(23-24)14-8-9-15(19)26-14/h2-4,6-9H,5,10-11,20H2,1H3.